The summed E-state index contributed by atoms with van der Waals surface area (Å²) in [5.74, 6) is -1.08. The van der Waals surface area contributed by atoms with Gasteiger partial charge in [-0.2, -0.15) is 0 Å². The van der Waals surface area contributed by atoms with Gasteiger partial charge in [-0.15, -0.1) is 0 Å². The van der Waals surface area contributed by atoms with Gasteiger partial charge in [-0.1, -0.05) is 27.6 Å². The Morgan fingerprint density at radius 1 is 1.33 bits per heavy atom. The molecule has 1 aliphatic rings. The molecule has 0 saturated carbocycles. The van der Waals surface area contributed by atoms with Crippen LogP contribution in [0.2, 0.25) is 0 Å². The molecule has 1 aromatic rings. The van der Waals surface area contributed by atoms with Gasteiger partial charge in [0.05, 0.1) is 11.3 Å². The van der Waals surface area contributed by atoms with E-state index in [1.54, 1.807) is 12.1 Å². The number of allylic oxidation sites excluding steroid dienone is 1. The number of carboxylic acids is 1. The summed E-state index contributed by atoms with van der Waals surface area (Å²) in [5, 5.41) is 14.4. The molecule has 6 heteroatoms. The molecule has 112 valence electrons. The SMILES string of the molecule is O=C(NCCC1=CCCC1)Nc1ccc(Br)cc1C(=O)O. The fourth-order valence-electron chi connectivity index (χ4n) is 2.27. The van der Waals surface area contributed by atoms with Gasteiger partial charge in [0.15, 0.2) is 0 Å². The average molecular weight is 353 g/mol. The van der Waals surface area contributed by atoms with E-state index in [0.717, 1.165) is 19.3 Å². The molecular weight excluding hydrogens is 336 g/mol. The molecule has 0 fully saturated rings. The lowest BCUT2D eigenvalue weighted by atomic mass is 10.1. The second kappa shape index (κ2) is 7.26. The Morgan fingerprint density at radius 3 is 2.81 bits per heavy atom. The number of amides is 2. The lowest BCUT2D eigenvalue weighted by Crippen LogP contribution is -2.30. The van der Waals surface area contributed by atoms with Crippen LogP contribution in [0.4, 0.5) is 10.5 Å². The maximum absolute atomic E-state index is 11.8. The van der Waals surface area contributed by atoms with E-state index in [1.165, 1.54) is 18.1 Å². The zero-order valence-corrected chi connectivity index (χ0v) is 13.1. The Hall–Kier alpha value is -1.82. The highest BCUT2D eigenvalue weighted by molar-refractivity contribution is 9.10. The van der Waals surface area contributed by atoms with Gasteiger partial charge < -0.3 is 15.7 Å². The Labute approximate surface area is 131 Å². The second-order valence-electron chi connectivity index (χ2n) is 4.88. The zero-order valence-electron chi connectivity index (χ0n) is 11.5. The van der Waals surface area contributed by atoms with E-state index < -0.39 is 12.0 Å². The lowest BCUT2D eigenvalue weighted by Gasteiger charge is -2.10. The Morgan fingerprint density at radius 2 is 2.14 bits per heavy atom. The smallest absolute Gasteiger partial charge is 0.337 e. The number of benzene rings is 1. The summed E-state index contributed by atoms with van der Waals surface area (Å²) in [6.45, 7) is 0.552. The van der Waals surface area contributed by atoms with Gasteiger partial charge >= 0.3 is 12.0 Å². The third-order valence-electron chi connectivity index (χ3n) is 3.33. The normalized spacial score (nSPS) is 13.7. The van der Waals surface area contributed by atoms with Crippen LogP contribution in [0.3, 0.4) is 0 Å². The number of hydrogen-bond donors (Lipinski definition) is 3. The van der Waals surface area contributed by atoms with Crippen LogP contribution in [0, 0.1) is 0 Å². The highest BCUT2D eigenvalue weighted by Crippen LogP contribution is 2.21. The standard InChI is InChI=1S/C15H17BrN2O3/c16-11-5-6-13(12(9-11)14(19)20)18-15(21)17-8-7-10-3-1-2-4-10/h3,5-6,9H,1-2,4,7-8H2,(H,19,20)(H2,17,18,21). The van der Waals surface area contributed by atoms with E-state index in [2.05, 4.69) is 32.6 Å². The molecule has 0 saturated heterocycles. The minimum Gasteiger partial charge on any atom is -0.478 e. The van der Waals surface area contributed by atoms with Crippen LogP contribution in [-0.4, -0.2) is 23.7 Å². The summed E-state index contributed by atoms with van der Waals surface area (Å²) in [6, 6.07) is 4.32. The fraction of sp³-hybridized carbons (Fsp3) is 0.333. The number of rotatable bonds is 5. The Bertz CT molecular complexity index is 584. The number of nitrogens with one attached hydrogen (secondary N) is 2. The third kappa shape index (κ3) is 4.60. The molecule has 3 N–H and O–H groups in total. The molecule has 2 amide bonds. The van der Waals surface area contributed by atoms with Crippen LogP contribution in [0.1, 0.15) is 36.0 Å². The maximum atomic E-state index is 11.8. The van der Waals surface area contributed by atoms with Crippen molar-refractivity contribution in [3.8, 4) is 0 Å². The molecule has 0 spiro atoms. The van der Waals surface area contributed by atoms with E-state index >= 15 is 0 Å². The molecule has 0 bridgehead atoms. The van der Waals surface area contributed by atoms with Crippen molar-refractivity contribution < 1.29 is 14.7 Å². The first-order chi connectivity index (χ1) is 10.1. The van der Waals surface area contributed by atoms with E-state index in [-0.39, 0.29) is 11.3 Å². The van der Waals surface area contributed by atoms with Crippen molar-refractivity contribution in [1.29, 1.82) is 0 Å². The van der Waals surface area contributed by atoms with E-state index in [4.69, 9.17) is 5.11 Å². The minimum atomic E-state index is -1.08. The predicted molar refractivity (Wildman–Crippen MR) is 84.7 cm³/mol. The molecule has 5 nitrogen and oxygen atoms in total. The van der Waals surface area contributed by atoms with E-state index in [9.17, 15) is 9.59 Å². The van der Waals surface area contributed by atoms with Gasteiger partial charge in [-0.25, -0.2) is 9.59 Å². The van der Waals surface area contributed by atoms with Gasteiger partial charge in [-0.3, -0.25) is 0 Å². The van der Waals surface area contributed by atoms with Gasteiger partial charge in [-0.05, 0) is 43.9 Å². The quantitative estimate of drug-likeness (QED) is 0.705. The lowest BCUT2D eigenvalue weighted by molar-refractivity contribution is 0.0698. The molecule has 1 aromatic carbocycles. The molecule has 0 atom stereocenters. The van der Waals surface area contributed by atoms with Crippen LogP contribution in [0.5, 0.6) is 0 Å². The van der Waals surface area contributed by atoms with Gasteiger partial charge in [0.25, 0.3) is 0 Å². The van der Waals surface area contributed by atoms with Crippen LogP contribution >= 0.6 is 15.9 Å². The number of anilines is 1. The highest BCUT2D eigenvalue weighted by atomic mass is 79.9. The number of urea groups is 1. The van der Waals surface area contributed by atoms with Crippen molar-refractivity contribution in [2.75, 3.05) is 11.9 Å². The van der Waals surface area contributed by atoms with Crippen LogP contribution in [-0.2, 0) is 0 Å². The van der Waals surface area contributed by atoms with Crippen LogP contribution in [0.25, 0.3) is 0 Å². The minimum absolute atomic E-state index is 0.0537. The summed E-state index contributed by atoms with van der Waals surface area (Å²) >= 11 is 3.21. The van der Waals surface area contributed by atoms with Gasteiger partial charge in [0, 0.05) is 11.0 Å². The van der Waals surface area contributed by atoms with Crippen molar-refractivity contribution in [1.82, 2.24) is 5.32 Å². The molecular formula is C15H17BrN2O3. The van der Waals surface area contributed by atoms with Crippen LogP contribution in [0.15, 0.2) is 34.3 Å². The first kappa shape index (κ1) is 15.6. The number of carbonyl (C=O) groups is 2. The zero-order chi connectivity index (χ0) is 15.2. The first-order valence-electron chi connectivity index (χ1n) is 6.82. The Balaban J connectivity index is 1.88. The van der Waals surface area contributed by atoms with E-state index in [0.29, 0.717) is 11.0 Å². The average Bonchev–Trinajstić information content (AvgIpc) is 2.94. The topological polar surface area (TPSA) is 78.4 Å². The van der Waals surface area contributed by atoms with Gasteiger partial charge in [0.2, 0.25) is 0 Å². The van der Waals surface area contributed by atoms with Crippen molar-refractivity contribution in [2.45, 2.75) is 25.7 Å². The largest absolute Gasteiger partial charge is 0.478 e. The van der Waals surface area contributed by atoms with Crippen LogP contribution < -0.4 is 10.6 Å². The van der Waals surface area contributed by atoms with E-state index in [1.807, 2.05) is 0 Å². The maximum Gasteiger partial charge on any atom is 0.337 e. The molecule has 0 radical (unpaired) electrons. The number of carboxylic acid groups (broad SMARTS) is 1. The second-order valence-corrected chi connectivity index (χ2v) is 5.80. The number of carbonyl (C=O) groups excluding carboxylic acids is 1. The van der Waals surface area contributed by atoms with Crippen molar-refractivity contribution in [3.05, 3.63) is 39.9 Å². The molecule has 0 heterocycles. The summed E-state index contributed by atoms with van der Waals surface area (Å²) in [5.41, 5.74) is 1.71. The van der Waals surface area contributed by atoms with Crippen molar-refractivity contribution >= 4 is 33.6 Å². The fourth-order valence-corrected chi connectivity index (χ4v) is 2.63. The molecule has 0 aliphatic heterocycles. The molecule has 0 unspecified atom stereocenters. The summed E-state index contributed by atoms with van der Waals surface area (Å²) in [4.78, 5) is 22.9. The number of halogens is 1. The van der Waals surface area contributed by atoms with Gasteiger partial charge in [0.1, 0.15) is 0 Å². The summed E-state index contributed by atoms with van der Waals surface area (Å²) < 4.78 is 0.652. The summed E-state index contributed by atoms with van der Waals surface area (Å²) in [7, 11) is 0. The third-order valence-corrected chi connectivity index (χ3v) is 3.82. The number of aromatic carboxylic acids is 1. The number of hydrogen-bond acceptors (Lipinski definition) is 2. The molecule has 1 aliphatic carbocycles. The van der Waals surface area contributed by atoms with Crippen molar-refractivity contribution in [2.24, 2.45) is 0 Å². The molecule has 2 rings (SSSR count). The monoisotopic (exact) mass is 352 g/mol. The predicted octanol–water partition coefficient (Wildman–Crippen LogP) is 3.77. The Kier molecular flexibility index (Phi) is 5.38. The summed E-state index contributed by atoms with van der Waals surface area (Å²) in [6.07, 6.45) is 6.50. The molecule has 0 aromatic heterocycles. The first-order valence-corrected chi connectivity index (χ1v) is 7.61. The molecule has 21 heavy (non-hydrogen) atoms. The van der Waals surface area contributed by atoms with Crippen molar-refractivity contribution in [3.63, 3.8) is 0 Å². The highest BCUT2D eigenvalue weighted by Gasteiger charge is 2.13.